The highest BCUT2D eigenvalue weighted by Gasteiger charge is 2.44. The summed E-state index contributed by atoms with van der Waals surface area (Å²) in [5, 5.41) is 2.98. The molecule has 0 spiro atoms. The van der Waals surface area contributed by atoms with Crippen LogP contribution in [-0.2, 0) is 37.1 Å². The third-order valence-electron chi connectivity index (χ3n) is 12.7. The van der Waals surface area contributed by atoms with Crippen LogP contribution in [0.2, 0.25) is 0 Å². The number of benzene rings is 4. The maximum atomic E-state index is 13.6. The van der Waals surface area contributed by atoms with Gasteiger partial charge in [-0.1, -0.05) is 123 Å². The Labute approximate surface area is 385 Å². The van der Waals surface area contributed by atoms with E-state index < -0.39 is 10.1 Å². The van der Waals surface area contributed by atoms with Crippen LogP contribution in [0.4, 0.5) is 17.1 Å². The molecule has 0 saturated carbocycles. The van der Waals surface area contributed by atoms with Gasteiger partial charge in [0.15, 0.2) is 5.71 Å². The monoisotopic (exact) mass is 888 g/mol. The van der Waals surface area contributed by atoms with Gasteiger partial charge < -0.3 is 19.7 Å². The molecule has 3 aliphatic heterocycles. The van der Waals surface area contributed by atoms with Crippen molar-refractivity contribution in [2.75, 3.05) is 35.2 Å². The zero-order chi connectivity index (χ0) is 46.0. The van der Waals surface area contributed by atoms with Gasteiger partial charge in [0.25, 0.3) is 0 Å². The van der Waals surface area contributed by atoms with Gasteiger partial charge in [0.1, 0.15) is 6.54 Å². The quantitative estimate of drug-likeness (QED) is 0.0350. The summed E-state index contributed by atoms with van der Waals surface area (Å²) in [4.78, 5) is 30.5. The molecule has 10 heteroatoms. The summed E-state index contributed by atoms with van der Waals surface area (Å²) < 4.78 is 36.0. The van der Waals surface area contributed by atoms with E-state index in [1.807, 2.05) is 85.0 Å². The molecule has 1 N–H and O–H groups in total. The number of fused-ring (bicyclic) bond motifs is 4. The van der Waals surface area contributed by atoms with Crippen LogP contribution in [0.3, 0.4) is 0 Å². The summed E-state index contributed by atoms with van der Waals surface area (Å²) in [6, 6.07) is 32.5. The van der Waals surface area contributed by atoms with Crippen molar-refractivity contribution in [3.8, 4) is 11.8 Å². The number of nitrogens with zero attached hydrogens (tertiary/aromatic N) is 3. The topological polar surface area (TPSA) is 113 Å². The van der Waals surface area contributed by atoms with Crippen molar-refractivity contribution in [3.63, 3.8) is 0 Å². The molecule has 0 aromatic heterocycles. The summed E-state index contributed by atoms with van der Waals surface area (Å²) >= 11 is 0. The molecule has 9 nitrogen and oxygen atoms in total. The predicted octanol–water partition coefficient (Wildman–Crippen LogP) is 9.75. The van der Waals surface area contributed by atoms with Crippen molar-refractivity contribution in [1.29, 1.82) is 0 Å². The minimum atomic E-state index is -4.23. The fraction of sp³-hybridized carbons (Fsp3) is 0.327. The normalized spacial score (nSPS) is 16.6. The molecule has 65 heavy (non-hydrogen) atoms. The summed E-state index contributed by atoms with van der Waals surface area (Å²) in [6.07, 6.45) is 18.7. The minimum absolute atomic E-state index is 0.0388. The van der Waals surface area contributed by atoms with Crippen LogP contribution in [0.15, 0.2) is 145 Å². The Bertz CT molecular complexity index is 2750. The van der Waals surface area contributed by atoms with E-state index in [1.54, 1.807) is 4.90 Å². The Hall–Kier alpha value is -6.28. The Morgan fingerprint density at radius 2 is 1.38 bits per heavy atom. The maximum Gasteiger partial charge on any atom is 0.229 e. The minimum Gasteiger partial charge on any atom is -0.748 e. The van der Waals surface area contributed by atoms with Crippen LogP contribution in [0, 0.1) is 11.8 Å². The third-order valence-corrected chi connectivity index (χ3v) is 13.5. The highest BCUT2D eigenvalue weighted by atomic mass is 32.2. The van der Waals surface area contributed by atoms with Gasteiger partial charge in [0.05, 0.1) is 27.8 Å². The largest absolute Gasteiger partial charge is 0.748 e. The van der Waals surface area contributed by atoms with E-state index in [9.17, 15) is 22.6 Å². The van der Waals surface area contributed by atoms with E-state index in [0.29, 0.717) is 32.4 Å². The standard InChI is InChI=1S/C55H60N4O5S/c1-54(2)45-26-15-18-29-48(45)57(50(54)31-9-6-5-7-10-32-51-55(3,4)46-27-16-19-30-49(46)58(51)39-21-22-40-65(62,63)64)38-20-8-11-33-52(60)56-37-36-53(61)59-41-44-25-13-12-23-42(44)34-35-43-24-14-17-28-47(43)59/h5-7,9-10,12-19,23-32H,8,11,20-22,33,36-41H2,1-4H3,(H-,56,60,62,63,64). The van der Waals surface area contributed by atoms with Gasteiger partial charge in [-0.2, -0.15) is 4.58 Å². The van der Waals surface area contributed by atoms with Gasteiger partial charge in [-0.15, -0.1) is 0 Å². The number of carbonyl (C=O) groups excluding carboxylic acids is 2. The SMILES string of the molecule is CC1(C)C(/C=C/C=C/C=C/C=C2/N(CCCCS(=O)(=O)[O-])c3ccccc3C2(C)C)=[N+](CCCCCC(=O)NCCC(=O)N2Cc3ccccc3C#Cc3ccccc32)c2ccccc21. The van der Waals surface area contributed by atoms with E-state index in [4.69, 9.17) is 0 Å². The second-order valence-corrected chi connectivity index (χ2v) is 19.5. The number of hydrogen-bond donors (Lipinski definition) is 1. The first-order chi connectivity index (χ1) is 31.3. The first kappa shape index (κ1) is 46.7. The first-order valence-corrected chi connectivity index (χ1v) is 24.4. The molecule has 336 valence electrons. The van der Waals surface area contributed by atoms with E-state index in [2.05, 4.69) is 109 Å². The summed E-state index contributed by atoms with van der Waals surface area (Å²) in [5.41, 5.74) is 10.3. The molecule has 0 bridgehead atoms. The van der Waals surface area contributed by atoms with Crippen molar-refractivity contribution in [2.24, 2.45) is 0 Å². The highest BCUT2D eigenvalue weighted by Crippen LogP contribution is 2.47. The Kier molecular flexibility index (Phi) is 14.9. The second kappa shape index (κ2) is 20.7. The van der Waals surface area contributed by atoms with Crippen molar-refractivity contribution in [2.45, 2.75) is 90.0 Å². The Balaban J connectivity index is 0.917. The zero-order valence-corrected chi connectivity index (χ0v) is 38.9. The number of allylic oxidation sites excluding steroid dienone is 8. The molecule has 7 rings (SSSR count). The molecular weight excluding hydrogens is 829 g/mol. The number of carbonyl (C=O) groups is 2. The van der Waals surface area contributed by atoms with Crippen molar-refractivity contribution >= 4 is 44.7 Å². The lowest BCUT2D eigenvalue weighted by atomic mass is 9.81. The molecule has 0 unspecified atom stereocenters. The van der Waals surface area contributed by atoms with Crippen LogP contribution in [0.5, 0.6) is 0 Å². The van der Waals surface area contributed by atoms with Crippen LogP contribution in [-0.4, -0.2) is 60.5 Å². The highest BCUT2D eigenvalue weighted by molar-refractivity contribution is 7.85. The summed E-state index contributed by atoms with van der Waals surface area (Å²) in [6.45, 7) is 11.1. The number of para-hydroxylation sites is 3. The zero-order valence-electron chi connectivity index (χ0n) is 38.1. The van der Waals surface area contributed by atoms with Crippen LogP contribution in [0.25, 0.3) is 0 Å². The lowest BCUT2D eigenvalue weighted by Crippen LogP contribution is -2.35. The van der Waals surface area contributed by atoms with Crippen molar-refractivity contribution in [3.05, 3.63) is 173 Å². The molecule has 0 fully saturated rings. The van der Waals surface area contributed by atoms with Gasteiger partial charge in [-0.05, 0) is 81.0 Å². The molecule has 4 aromatic carbocycles. The number of amides is 2. The smallest absolute Gasteiger partial charge is 0.229 e. The molecule has 3 aliphatic rings. The molecule has 0 atom stereocenters. The van der Waals surface area contributed by atoms with Gasteiger partial charge in [0, 0.05) is 83.7 Å². The van der Waals surface area contributed by atoms with E-state index >= 15 is 0 Å². The van der Waals surface area contributed by atoms with Crippen LogP contribution in [0.1, 0.15) is 100 Å². The summed E-state index contributed by atoms with van der Waals surface area (Å²) in [7, 11) is -4.23. The molecule has 2 amide bonds. The fourth-order valence-electron chi connectivity index (χ4n) is 9.27. The van der Waals surface area contributed by atoms with Gasteiger partial charge in [-0.3, -0.25) is 9.59 Å². The molecule has 0 aliphatic carbocycles. The second-order valence-electron chi connectivity index (χ2n) is 17.9. The maximum absolute atomic E-state index is 13.6. The molecule has 4 aromatic rings. The van der Waals surface area contributed by atoms with Gasteiger partial charge in [-0.25, -0.2) is 8.42 Å². The van der Waals surface area contributed by atoms with Gasteiger partial charge >= 0.3 is 0 Å². The first-order valence-electron chi connectivity index (χ1n) is 22.8. The number of unbranched alkanes of at least 4 members (excludes halogenated alkanes) is 3. The van der Waals surface area contributed by atoms with Crippen molar-refractivity contribution < 1.29 is 27.1 Å². The molecule has 3 heterocycles. The average molecular weight is 889 g/mol. The number of nitrogens with one attached hydrogen (secondary N) is 1. The van der Waals surface area contributed by atoms with E-state index in [1.165, 1.54) is 22.5 Å². The fourth-order valence-corrected chi connectivity index (χ4v) is 9.83. The summed E-state index contributed by atoms with van der Waals surface area (Å²) in [5.74, 6) is 6.05. The number of hydrogen-bond acceptors (Lipinski definition) is 6. The van der Waals surface area contributed by atoms with Crippen molar-refractivity contribution in [1.82, 2.24) is 5.32 Å². The molecular formula is C55H60N4O5S. The lowest BCUT2D eigenvalue weighted by Gasteiger charge is -2.27. The Morgan fingerprint density at radius 1 is 0.723 bits per heavy atom. The predicted molar refractivity (Wildman–Crippen MR) is 262 cm³/mol. The lowest BCUT2D eigenvalue weighted by molar-refractivity contribution is -0.438. The van der Waals surface area contributed by atoms with Gasteiger partial charge in [0.2, 0.25) is 17.5 Å². The molecule has 0 saturated heterocycles. The third kappa shape index (κ3) is 11.2. The number of rotatable bonds is 18. The average Bonchev–Trinajstić information content (AvgIpc) is 3.63. The van der Waals surface area contributed by atoms with E-state index in [-0.39, 0.29) is 41.4 Å². The van der Waals surface area contributed by atoms with Crippen LogP contribution >= 0.6 is 0 Å². The molecule has 0 radical (unpaired) electrons. The Morgan fingerprint density at radius 3 is 2.18 bits per heavy atom. The van der Waals surface area contributed by atoms with E-state index in [0.717, 1.165) is 59.6 Å². The van der Waals surface area contributed by atoms with Crippen LogP contribution < -0.4 is 15.1 Å². The number of anilines is 2.